The van der Waals surface area contributed by atoms with Crippen LogP contribution in [0.3, 0.4) is 0 Å². The third kappa shape index (κ3) is 3.65. The van der Waals surface area contributed by atoms with Crippen molar-refractivity contribution in [1.82, 2.24) is 10.2 Å². The maximum Gasteiger partial charge on any atom is 0.329 e. The molecule has 1 saturated heterocycles. The molecule has 0 aromatic carbocycles. The second kappa shape index (κ2) is 6.90. The number of rotatable bonds is 3. The SMILES string of the molecule is CSC1CCCC(NC(=O)N2CCCCC2(C)C(=O)O)C1. The number of urea groups is 1. The maximum absolute atomic E-state index is 12.5. The lowest BCUT2D eigenvalue weighted by Crippen LogP contribution is -2.61. The van der Waals surface area contributed by atoms with Crippen LogP contribution in [0.5, 0.6) is 0 Å². The molecule has 1 aliphatic carbocycles. The van der Waals surface area contributed by atoms with Gasteiger partial charge in [0.2, 0.25) is 0 Å². The summed E-state index contributed by atoms with van der Waals surface area (Å²) < 4.78 is 0. The molecule has 0 aromatic rings. The Morgan fingerprint density at radius 3 is 2.71 bits per heavy atom. The number of nitrogens with zero attached hydrogens (tertiary/aromatic N) is 1. The van der Waals surface area contributed by atoms with Gasteiger partial charge in [0, 0.05) is 17.8 Å². The van der Waals surface area contributed by atoms with Crippen LogP contribution in [0.2, 0.25) is 0 Å². The zero-order chi connectivity index (χ0) is 15.5. The summed E-state index contributed by atoms with van der Waals surface area (Å²) in [6, 6.07) is -0.0185. The number of hydrogen-bond acceptors (Lipinski definition) is 3. The van der Waals surface area contributed by atoms with Crippen LogP contribution in [0, 0.1) is 0 Å². The van der Waals surface area contributed by atoms with Gasteiger partial charge in [0.1, 0.15) is 5.54 Å². The molecule has 6 heteroatoms. The smallest absolute Gasteiger partial charge is 0.329 e. The van der Waals surface area contributed by atoms with Crippen molar-refractivity contribution in [3.8, 4) is 0 Å². The Morgan fingerprint density at radius 2 is 2.05 bits per heavy atom. The van der Waals surface area contributed by atoms with Gasteiger partial charge in [0.25, 0.3) is 0 Å². The van der Waals surface area contributed by atoms with Crippen LogP contribution in [-0.4, -0.2) is 51.6 Å². The number of carbonyl (C=O) groups is 2. The number of piperidine rings is 1. The molecule has 1 heterocycles. The molecule has 2 amide bonds. The summed E-state index contributed by atoms with van der Waals surface area (Å²) in [5.41, 5.74) is -1.06. The molecule has 0 bridgehead atoms. The van der Waals surface area contributed by atoms with Gasteiger partial charge in [-0.25, -0.2) is 9.59 Å². The van der Waals surface area contributed by atoms with E-state index in [0.29, 0.717) is 18.2 Å². The van der Waals surface area contributed by atoms with Crippen molar-refractivity contribution in [1.29, 1.82) is 0 Å². The van der Waals surface area contributed by atoms with E-state index in [-0.39, 0.29) is 12.1 Å². The van der Waals surface area contributed by atoms with Crippen LogP contribution < -0.4 is 5.32 Å². The number of carboxylic acid groups (broad SMARTS) is 1. The van der Waals surface area contributed by atoms with Crippen molar-refractivity contribution < 1.29 is 14.7 Å². The monoisotopic (exact) mass is 314 g/mol. The molecule has 120 valence electrons. The fourth-order valence-corrected chi connectivity index (χ4v) is 4.24. The van der Waals surface area contributed by atoms with Crippen LogP contribution in [0.25, 0.3) is 0 Å². The standard InChI is InChI=1S/C15H26N2O3S/c1-15(13(18)19)8-3-4-9-17(15)14(20)16-11-6-5-7-12(10-11)21-2/h11-12H,3-10H2,1-2H3,(H,16,20)(H,18,19). The zero-order valence-corrected chi connectivity index (χ0v) is 13.7. The van der Waals surface area contributed by atoms with E-state index in [0.717, 1.165) is 32.1 Å². The quantitative estimate of drug-likeness (QED) is 0.840. The van der Waals surface area contributed by atoms with Crippen LogP contribution in [0.15, 0.2) is 0 Å². The molecule has 5 nitrogen and oxygen atoms in total. The number of hydrogen-bond donors (Lipinski definition) is 2. The molecule has 1 saturated carbocycles. The van der Waals surface area contributed by atoms with Crippen LogP contribution in [-0.2, 0) is 4.79 Å². The van der Waals surface area contributed by atoms with Gasteiger partial charge in [-0.3, -0.25) is 0 Å². The second-order valence-electron chi connectivity index (χ2n) is 6.36. The fourth-order valence-electron chi connectivity index (χ4n) is 3.41. The van der Waals surface area contributed by atoms with E-state index in [1.165, 1.54) is 11.3 Å². The van der Waals surface area contributed by atoms with Gasteiger partial charge in [-0.1, -0.05) is 6.42 Å². The van der Waals surface area contributed by atoms with E-state index < -0.39 is 11.5 Å². The second-order valence-corrected chi connectivity index (χ2v) is 7.50. The summed E-state index contributed by atoms with van der Waals surface area (Å²) in [5.74, 6) is -0.900. The highest BCUT2D eigenvalue weighted by Gasteiger charge is 2.44. The molecule has 2 N–H and O–H groups in total. The van der Waals surface area contributed by atoms with Gasteiger partial charge in [-0.2, -0.15) is 11.8 Å². The van der Waals surface area contributed by atoms with E-state index in [1.54, 1.807) is 6.92 Å². The summed E-state index contributed by atoms with van der Waals surface area (Å²) in [4.78, 5) is 25.6. The van der Waals surface area contributed by atoms with Crippen LogP contribution in [0.4, 0.5) is 4.79 Å². The Labute approximate surface area is 130 Å². The zero-order valence-electron chi connectivity index (χ0n) is 12.9. The normalized spacial score (nSPS) is 33.5. The minimum absolute atomic E-state index is 0.184. The molecule has 2 fully saturated rings. The van der Waals surface area contributed by atoms with E-state index >= 15 is 0 Å². The Balaban J connectivity index is 1.99. The van der Waals surface area contributed by atoms with E-state index in [9.17, 15) is 14.7 Å². The average molecular weight is 314 g/mol. The van der Waals surface area contributed by atoms with Crippen molar-refractivity contribution in [3.05, 3.63) is 0 Å². The predicted molar refractivity (Wildman–Crippen MR) is 84.7 cm³/mol. The van der Waals surface area contributed by atoms with Gasteiger partial charge in [-0.05, 0) is 51.7 Å². The largest absolute Gasteiger partial charge is 0.480 e. The number of likely N-dealkylation sites (tertiary alicyclic amines) is 1. The third-order valence-corrected chi connectivity index (χ3v) is 5.98. The van der Waals surface area contributed by atoms with Gasteiger partial charge >= 0.3 is 12.0 Å². The molecule has 2 rings (SSSR count). The highest BCUT2D eigenvalue weighted by atomic mass is 32.2. The van der Waals surface area contributed by atoms with Gasteiger partial charge in [0.05, 0.1) is 0 Å². The van der Waals surface area contributed by atoms with Crippen LogP contribution in [0.1, 0.15) is 51.9 Å². The Morgan fingerprint density at radius 1 is 1.29 bits per heavy atom. The van der Waals surface area contributed by atoms with Crippen LogP contribution >= 0.6 is 11.8 Å². The number of amides is 2. The number of carboxylic acids is 1. The molecule has 0 radical (unpaired) electrons. The minimum Gasteiger partial charge on any atom is -0.480 e. The molecule has 2 aliphatic rings. The van der Waals surface area contributed by atoms with E-state index in [2.05, 4.69) is 11.6 Å². The van der Waals surface area contributed by atoms with Crippen molar-refractivity contribution in [2.75, 3.05) is 12.8 Å². The number of aliphatic carboxylic acids is 1. The van der Waals surface area contributed by atoms with Crippen molar-refractivity contribution in [2.24, 2.45) is 0 Å². The highest BCUT2D eigenvalue weighted by Crippen LogP contribution is 2.30. The first kappa shape index (κ1) is 16.5. The lowest BCUT2D eigenvalue weighted by molar-refractivity contribution is -0.150. The minimum atomic E-state index is -1.06. The molecule has 0 aromatic heterocycles. The molecule has 1 aliphatic heterocycles. The molecular weight excluding hydrogens is 288 g/mol. The Kier molecular flexibility index (Phi) is 5.41. The lowest BCUT2D eigenvalue weighted by Gasteiger charge is -2.42. The first-order chi connectivity index (χ1) is 9.97. The first-order valence-electron chi connectivity index (χ1n) is 7.81. The maximum atomic E-state index is 12.5. The van der Waals surface area contributed by atoms with E-state index in [1.807, 2.05) is 11.8 Å². The Hall–Kier alpha value is -0.910. The number of thioether (sulfide) groups is 1. The number of carbonyl (C=O) groups excluding carboxylic acids is 1. The van der Waals surface area contributed by atoms with E-state index in [4.69, 9.17) is 0 Å². The predicted octanol–water partition coefficient (Wildman–Crippen LogP) is 2.70. The highest BCUT2D eigenvalue weighted by molar-refractivity contribution is 7.99. The number of nitrogens with one attached hydrogen (secondary N) is 1. The molecule has 0 spiro atoms. The van der Waals surface area contributed by atoms with Gasteiger partial charge < -0.3 is 15.3 Å². The summed E-state index contributed by atoms with van der Waals surface area (Å²) in [7, 11) is 0. The molecule has 21 heavy (non-hydrogen) atoms. The van der Waals surface area contributed by atoms with Gasteiger partial charge in [-0.15, -0.1) is 0 Å². The molecule has 3 atom stereocenters. The molecular formula is C15H26N2O3S. The Bertz CT molecular complexity index is 404. The lowest BCUT2D eigenvalue weighted by atomic mass is 9.88. The average Bonchev–Trinajstić information content (AvgIpc) is 2.47. The summed E-state index contributed by atoms with van der Waals surface area (Å²) in [6.45, 7) is 2.20. The summed E-state index contributed by atoms with van der Waals surface area (Å²) in [6.07, 6.45) is 8.73. The topological polar surface area (TPSA) is 69.6 Å². The third-order valence-electron chi connectivity index (χ3n) is 4.88. The summed E-state index contributed by atoms with van der Waals surface area (Å²) >= 11 is 1.86. The van der Waals surface area contributed by atoms with Crippen molar-refractivity contribution in [2.45, 2.75) is 68.7 Å². The summed E-state index contributed by atoms with van der Waals surface area (Å²) in [5, 5.41) is 13.2. The molecule has 3 unspecified atom stereocenters. The first-order valence-corrected chi connectivity index (χ1v) is 9.10. The van der Waals surface area contributed by atoms with Gasteiger partial charge in [0.15, 0.2) is 0 Å². The van der Waals surface area contributed by atoms with Crippen molar-refractivity contribution in [3.63, 3.8) is 0 Å². The fraction of sp³-hybridized carbons (Fsp3) is 0.867. The van der Waals surface area contributed by atoms with Crippen molar-refractivity contribution >= 4 is 23.8 Å².